The molecule has 2 rings (SSSR count). The van der Waals surface area contributed by atoms with Crippen molar-refractivity contribution in [2.45, 2.75) is 6.92 Å². The number of benzene rings is 2. The number of aryl methyl sites for hydroxylation is 1. The Morgan fingerprint density at radius 2 is 1.90 bits per heavy atom. The van der Waals surface area contributed by atoms with E-state index in [1.54, 1.807) is 24.3 Å². The summed E-state index contributed by atoms with van der Waals surface area (Å²) in [4.78, 5) is 23.5. The molecule has 1 amide bonds. The van der Waals surface area contributed by atoms with Crippen molar-refractivity contribution < 1.29 is 14.3 Å². The van der Waals surface area contributed by atoms with Crippen molar-refractivity contribution in [2.75, 3.05) is 11.9 Å². The van der Waals surface area contributed by atoms with Crippen LogP contribution in [0.4, 0.5) is 5.69 Å². The van der Waals surface area contributed by atoms with Crippen LogP contribution in [0.2, 0.25) is 5.02 Å². The van der Waals surface area contributed by atoms with Gasteiger partial charge in [0.05, 0.1) is 5.56 Å². The Labute approximate surface area is 127 Å². The summed E-state index contributed by atoms with van der Waals surface area (Å²) in [7, 11) is 0. The smallest absolute Gasteiger partial charge is 0.338 e. The Morgan fingerprint density at radius 3 is 2.62 bits per heavy atom. The first-order valence-corrected chi connectivity index (χ1v) is 6.71. The lowest BCUT2D eigenvalue weighted by molar-refractivity contribution is -0.119. The van der Waals surface area contributed by atoms with Crippen molar-refractivity contribution in [3.63, 3.8) is 0 Å². The van der Waals surface area contributed by atoms with Gasteiger partial charge in [-0.2, -0.15) is 0 Å². The number of amides is 1. The predicted octanol–water partition coefficient (Wildman–Crippen LogP) is 3.44. The number of nitrogens with one attached hydrogen (secondary N) is 1. The average Bonchev–Trinajstić information content (AvgIpc) is 2.45. The van der Waals surface area contributed by atoms with E-state index in [4.69, 9.17) is 16.3 Å². The first kappa shape index (κ1) is 15.1. The number of ether oxygens (including phenoxy) is 1. The van der Waals surface area contributed by atoms with Crippen molar-refractivity contribution in [3.05, 3.63) is 64.7 Å². The second-order valence-corrected chi connectivity index (χ2v) is 4.94. The van der Waals surface area contributed by atoms with Crippen LogP contribution in [0, 0.1) is 6.92 Å². The van der Waals surface area contributed by atoms with Crippen LogP contribution in [0.5, 0.6) is 0 Å². The summed E-state index contributed by atoms with van der Waals surface area (Å²) < 4.78 is 4.94. The molecule has 21 heavy (non-hydrogen) atoms. The summed E-state index contributed by atoms with van der Waals surface area (Å²) in [6, 6.07) is 13.7. The SMILES string of the molecule is Cc1cccc(NC(=O)COC(=O)c2cccc(Cl)c2)c1. The van der Waals surface area contributed by atoms with E-state index >= 15 is 0 Å². The fourth-order valence-corrected chi connectivity index (χ4v) is 1.94. The number of anilines is 1. The molecule has 2 aromatic carbocycles. The van der Waals surface area contributed by atoms with Gasteiger partial charge in [-0.1, -0.05) is 29.8 Å². The van der Waals surface area contributed by atoms with Crippen LogP contribution in [0.3, 0.4) is 0 Å². The van der Waals surface area contributed by atoms with Crippen molar-refractivity contribution in [2.24, 2.45) is 0 Å². The van der Waals surface area contributed by atoms with Crippen LogP contribution < -0.4 is 5.32 Å². The molecule has 0 unspecified atom stereocenters. The quantitative estimate of drug-likeness (QED) is 0.880. The van der Waals surface area contributed by atoms with E-state index in [1.165, 1.54) is 6.07 Å². The molecule has 108 valence electrons. The summed E-state index contributed by atoms with van der Waals surface area (Å²) in [6.07, 6.45) is 0. The fraction of sp³-hybridized carbons (Fsp3) is 0.125. The van der Waals surface area contributed by atoms with Crippen LogP contribution in [0.25, 0.3) is 0 Å². The van der Waals surface area contributed by atoms with Gasteiger partial charge in [0, 0.05) is 10.7 Å². The summed E-state index contributed by atoms with van der Waals surface area (Å²) in [6.45, 7) is 1.58. The normalized spacial score (nSPS) is 10.0. The summed E-state index contributed by atoms with van der Waals surface area (Å²) in [5.74, 6) is -0.979. The van der Waals surface area contributed by atoms with E-state index in [0.29, 0.717) is 16.3 Å². The van der Waals surface area contributed by atoms with Crippen molar-refractivity contribution >= 4 is 29.2 Å². The van der Waals surface area contributed by atoms with E-state index in [2.05, 4.69) is 5.32 Å². The highest BCUT2D eigenvalue weighted by Crippen LogP contribution is 2.12. The number of halogens is 1. The van der Waals surface area contributed by atoms with Gasteiger partial charge >= 0.3 is 5.97 Å². The van der Waals surface area contributed by atoms with Gasteiger partial charge in [0.2, 0.25) is 0 Å². The predicted molar refractivity (Wildman–Crippen MR) is 81.5 cm³/mol. The standard InChI is InChI=1S/C16H14ClNO3/c1-11-4-2-7-14(8-11)18-15(19)10-21-16(20)12-5-3-6-13(17)9-12/h2-9H,10H2,1H3,(H,18,19). The third kappa shape index (κ3) is 4.61. The van der Waals surface area contributed by atoms with Gasteiger partial charge in [-0.15, -0.1) is 0 Å². The molecular weight excluding hydrogens is 290 g/mol. The number of carbonyl (C=O) groups excluding carboxylic acids is 2. The van der Waals surface area contributed by atoms with Gasteiger partial charge in [0.15, 0.2) is 6.61 Å². The molecule has 1 N–H and O–H groups in total. The molecule has 0 heterocycles. The van der Waals surface area contributed by atoms with Crippen molar-refractivity contribution in [1.82, 2.24) is 0 Å². The molecule has 0 spiro atoms. The minimum Gasteiger partial charge on any atom is -0.452 e. The minimum absolute atomic E-state index is 0.311. The monoisotopic (exact) mass is 303 g/mol. The van der Waals surface area contributed by atoms with Crippen LogP contribution in [-0.2, 0) is 9.53 Å². The second-order valence-electron chi connectivity index (χ2n) is 4.50. The molecule has 0 aliphatic heterocycles. The Hall–Kier alpha value is -2.33. The number of esters is 1. The zero-order valence-electron chi connectivity index (χ0n) is 11.4. The highest BCUT2D eigenvalue weighted by atomic mass is 35.5. The van der Waals surface area contributed by atoms with Gasteiger partial charge in [0.1, 0.15) is 0 Å². The fourth-order valence-electron chi connectivity index (χ4n) is 1.75. The number of carbonyl (C=O) groups is 2. The highest BCUT2D eigenvalue weighted by molar-refractivity contribution is 6.30. The lowest BCUT2D eigenvalue weighted by Gasteiger charge is -2.07. The van der Waals surface area contributed by atoms with E-state index in [9.17, 15) is 9.59 Å². The molecule has 2 aromatic rings. The Bertz CT molecular complexity index is 670. The van der Waals surface area contributed by atoms with E-state index < -0.39 is 11.9 Å². The lowest BCUT2D eigenvalue weighted by Crippen LogP contribution is -2.20. The largest absolute Gasteiger partial charge is 0.452 e. The molecule has 0 bridgehead atoms. The highest BCUT2D eigenvalue weighted by Gasteiger charge is 2.10. The Morgan fingerprint density at radius 1 is 1.14 bits per heavy atom. The first-order valence-electron chi connectivity index (χ1n) is 6.34. The van der Waals surface area contributed by atoms with Crippen LogP contribution in [0.15, 0.2) is 48.5 Å². The molecule has 0 fully saturated rings. The second kappa shape index (κ2) is 6.90. The van der Waals surface area contributed by atoms with E-state index in [0.717, 1.165) is 5.56 Å². The molecule has 0 saturated heterocycles. The van der Waals surface area contributed by atoms with Crippen LogP contribution in [0.1, 0.15) is 15.9 Å². The molecule has 5 heteroatoms. The molecule has 4 nitrogen and oxygen atoms in total. The molecular formula is C16H14ClNO3. The molecule has 0 radical (unpaired) electrons. The first-order chi connectivity index (χ1) is 10.0. The van der Waals surface area contributed by atoms with Gasteiger partial charge in [-0.3, -0.25) is 4.79 Å². The lowest BCUT2D eigenvalue weighted by atomic mass is 10.2. The maximum absolute atomic E-state index is 11.7. The number of hydrogen-bond acceptors (Lipinski definition) is 3. The van der Waals surface area contributed by atoms with Crippen LogP contribution in [-0.4, -0.2) is 18.5 Å². The maximum Gasteiger partial charge on any atom is 0.338 e. The Kier molecular flexibility index (Phi) is 4.95. The summed E-state index contributed by atoms with van der Waals surface area (Å²) in [5, 5.41) is 3.10. The van der Waals surface area contributed by atoms with Crippen molar-refractivity contribution in [3.8, 4) is 0 Å². The summed E-state index contributed by atoms with van der Waals surface area (Å²) >= 11 is 5.79. The topological polar surface area (TPSA) is 55.4 Å². The van der Waals surface area contributed by atoms with E-state index in [-0.39, 0.29) is 6.61 Å². The molecule has 0 aliphatic rings. The van der Waals surface area contributed by atoms with Gasteiger partial charge in [-0.05, 0) is 42.8 Å². The molecule has 0 aliphatic carbocycles. The minimum atomic E-state index is -0.586. The van der Waals surface area contributed by atoms with Gasteiger partial charge in [0.25, 0.3) is 5.91 Å². The zero-order chi connectivity index (χ0) is 15.2. The average molecular weight is 304 g/mol. The summed E-state index contributed by atoms with van der Waals surface area (Å²) in [5.41, 5.74) is 2.01. The zero-order valence-corrected chi connectivity index (χ0v) is 12.2. The third-order valence-corrected chi connectivity index (χ3v) is 2.93. The van der Waals surface area contributed by atoms with Gasteiger partial charge in [-0.25, -0.2) is 4.79 Å². The van der Waals surface area contributed by atoms with E-state index in [1.807, 2.05) is 25.1 Å². The van der Waals surface area contributed by atoms with Gasteiger partial charge < -0.3 is 10.1 Å². The Balaban J connectivity index is 1.88. The van der Waals surface area contributed by atoms with Crippen molar-refractivity contribution in [1.29, 1.82) is 0 Å². The number of hydrogen-bond donors (Lipinski definition) is 1. The molecule has 0 aromatic heterocycles. The maximum atomic E-state index is 11.7. The molecule has 0 atom stereocenters. The molecule has 0 saturated carbocycles. The van der Waals surface area contributed by atoms with Crippen LogP contribution >= 0.6 is 11.6 Å². The number of rotatable bonds is 4. The third-order valence-electron chi connectivity index (χ3n) is 2.70.